The number of benzene rings is 4. The Morgan fingerprint density at radius 3 is 1.23 bits per heavy atom. The van der Waals surface area contributed by atoms with E-state index in [2.05, 4.69) is 62.4 Å². The molecule has 0 fully saturated rings. The van der Waals surface area contributed by atoms with E-state index < -0.39 is 0 Å². The summed E-state index contributed by atoms with van der Waals surface area (Å²) < 4.78 is 11.9. The molecule has 4 aromatic carbocycles. The summed E-state index contributed by atoms with van der Waals surface area (Å²) in [6.07, 6.45) is 4.48. The molecule has 0 atom stereocenters. The fourth-order valence-corrected chi connectivity index (χ4v) is 3.62. The van der Waals surface area contributed by atoms with Crippen LogP contribution < -0.4 is 9.47 Å². The van der Waals surface area contributed by atoms with Crippen molar-refractivity contribution in [3.05, 3.63) is 48.5 Å². The molecule has 0 bridgehead atoms. The Balaban J connectivity index is 1.78. The van der Waals surface area contributed by atoms with E-state index in [9.17, 15) is 0 Å². The first-order valence-electron chi connectivity index (χ1n) is 9.78. The van der Waals surface area contributed by atoms with Gasteiger partial charge in [0.1, 0.15) is 11.5 Å². The van der Waals surface area contributed by atoms with Crippen molar-refractivity contribution >= 4 is 32.3 Å². The van der Waals surface area contributed by atoms with E-state index in [1.54, 1.807) is 0 Å². The molecule has 0 aromatic heterocycles. The van der Waals surface area contributed by atoms with Gasteiger partial charge in [-0.05, 0) is 69.4 Å². The zero-order chi connectivity index (χ0) is 17.9. The van der Waals surface area contributed by atoms with Crippen molar-refractivity contribution in [1.82, 2.24) is 0 Å². The van der Waals surface area contributed by atoms with Crippen molar-refractivity contribution < 1.29 is 9.47 Å². The van der Waals surface area contributed by atoms with E-state index in [1.807, 2.05) is 0 Å². The molecule has 4 rings (SSSR count). The molecule has 0 saturated heterocycles. The third kappa shape index (κ3) is 3.16. The lowest BCUT2D eigenvalue weighted by molar-refractivity contribution is 0.310. The highest BCUT2D eigenvalue weighted by molar-refractivity contribution is 6.23. The average molecular weight is 346 g/mol. The van der Waals surface area contributed by atoms with E-state index >= 15 is 0 Å². The van der Waals surface area contributed by atoms with Crippen molar-refractivity contribution in [2.45, 2.75) is 39.5 Å². The summed E-state index contributed by atoms with van der Waals surface area (Å²) in [6, 6.07) is 17.5. The Morgan fingerprint density at radius 2 is 0.923 bits per heavy atom. The van der Waals surface area contributed by atoms with Crippen LogP contribution in [0.3, 0.4) is 0 Å². The highest BCUT2D eigenvalue weighted by Crippen LogP contribution is 2.38. The third-order valence-electron chi connectivity index (χ3n) is 5.01. The van der Waals surface area contributed by atoms with Crippen molar-refractivity contribution in [3.63, 3.8) is 0 Å². The molecule has 2 nitrogen and oxygen atoms in total. The maximum absolute atomic E-state index is 5.95. The maximum Gasteiger partial charge on any atom is 0.120 e. The first kappa shape index (κ1) is 17.0. The van der Waals surface area contributed by atoms with Gasteiger partial charge in [0.05, 0.1) is 13.2 Å². The number of unbranched alkanes of at least 4 members (excludes halogenated alkanes) is 2. The molecule has 0 aliphatic heterocycles. The number of hydrogen-bond donors (Lipinski definition) is 0. The van der Waals surface area contributed by atoms with E-state index in [4.69, 9.17) is 9.47 Å². The van der Waals surface area contributed by atoms with Crippen LogP contribution in [0.1, 0.15) is 39.5 Å². The second-order valence-electron chi connectivity index (χ2n) is 7.02. The molecule has 2 heteroatoms. The summed E-state index contributed by atoms with van der Waals surface area (Å²) in [6.45, 7) is 5.93. The molecule has 0 aliphatic rings. The Bertz CT molecular complexity index is 869. The Hall–Kier alpha value is -2.48. The van der Waals surface area contributed by atoms with Crippen molar-refractivity contribution in [3.8, 4) is 11.5 Å². The van der Waals surface area contributed by atoms with E-state index in [0.29, 0.717) is 0 Å². The molecule has 0 heterocycles. The van der Waals surface area contributed by atoms with Gasteiger partial charge >= 0.3 is 0 Å². The summed E-state index contributed by atoms with van der Waals surface area (Å²) in [5.74, 6) is 1.93. The standard InChI is InChI=1S/C24H26O2/c1-3-5-11-25-21-13-17-7-9-19-15-22(26-12-6-4-2)16-20-10-8-18(14-21)23(17)24(19)20/h7-10,13-16H,3-6,11-12H2,1-2H3. The first-order valence-corrected chi connectivity index (χ1v) is 9.78. The van der Waals surface area contributed by atoms with Crippen molar-refractivity contribution in [2.75, 3.05) is 13.2 Å². The van der Waals surface area contributed by atoms with Crippen molar-refractivity contribution in [1.29, 1.82) is 0 Å². The van der Waals surface area contributed by atoms with E-state index in [1.165, 1.54) is 32.3 Å². The molecule has 134 valence electrons. The zero-order valence-corrected chi connectivity index (χ0v) is 15.7. The Kier molecular flexibility index (Phi) is 4.83. The van der Waals surface area contributed by atoms with Gasteiger partial charge in [0.15, 0.2) is 0 Å². The SMILES string of the molecule is CCCCOc1cc2ccc3cc(OCCCC)cc4ccc(c1)c2c34. The minimum Gasteiger partial charge on any atom is -0.494 e. The van der Waals surface area contributed by atoms with E-state index in [0.717, 1.165) is 50.4 Å². The van der Waals surface area contributed by atoms with Gasteiger partial charge < -0.3 is 9.47 Å². The summed E-state index contributed by atoms with van der Waals surface area (Å²) in [7, 11) is 0. The predicted molar refractivity (Wildman–Crippen MR) is 111 cm³/mol. The van der Waals surface area contributed by atoms with Gasteiger partial charge in [-0.15, -0.1) is 0 Å². The number of hydrogen-bond acceptors (Lipinski definition) is 2. The van der Waals surface area contributed by atoms with Crippen LogP contribution in [0.25, 0.3) is 32.3 Å². The van der Waals surface area contributed by atoms with Crippen LogP contribution in [0.15, 0.2) is 48.5 Å². The third-order valence-corrected chi connectivity index (χ3v) is 5.01. The average Bonchev–Trinajstić information content (AvgIpc) is 2.66. The first-order chi connectivity index (χ1) is 12.8. The molecule has 0 amide bonds. The van der Waals surface area contributed by atoms with Crippen LogP contribution in [0.5, 0.6) is 11.5 Å². The summed E-state index contributed by atoms with van der Waals surface area (Å²) in [4.78, 5) is 0. The predicted octanol–water partition coefficient (Wildman–Crippen LogP) is 6.94. The molecule has 4 aromatic rings. The van der Waals surface area contributed by atoms with Crippen LogP contribution in [-0.2, 0) is 0 Å². The highest BCUT2D eigenvalue weighted by atomic mass is 16.5. The molecular formula is C24H26O2. The molecule has 0 N–H and O–H groups in total. The molecule has 0 saturated carbocycles. The fraction of sp³-hybridized carbons (Fsp3) is 0.333. The number of rotatable bonds is 8. The minimum atomic E-state index is 0.780. The highest BCUT2D eigenvalue weighted by Gasteiger charge is 2.11. The quantitative estimate of drug-likeness (QED) is 0.254. The Labute approximate surface area is 155 Å². The summed E-state index contributed by atoms with van der Waals surface area (Å²) in [5, 5.41) is 7.61. The summed E-state index contributed by atoms with van der Waals surface area (Å²) >= 11 is 0. The fourth-order valence-electron chi connectivity index (χ4n) is 3.62. The van der Waals surface area contributed by atoms with Gasteiger partial charge in [-0.3, -0.25) is 0 Å². The number of ether oxygens (including phenoxy) is 2. The second-order valence-corrected chi connectivity index (χ2v) is 7.02. The minimum absolute atomic E-state index is 0.780. The maximum atomic E-state index is 5.95. The largest absolute Gasteiger partial charge is 0.494 e. The van der Waals surface area contributed by atoms with Gasteiger partial charge in [0.25, 0.3) is 0 Å². The van der Waals surface area contributed by atoms with E-state index in [-0.39, 0.29) is 0 Å². The second kappa shape index (κ2) is 7.41. The van der Waals surface area contributed by atoms with Crippen LogP contribution in [0, 0.1) is 0 Å². The normalized spacial score (nSPS) is 11.6. The molecule has 0 radical (unpaired) electrons. The molecular weight excluding hydrogens is 320 g/mol. The lowest BCUT2D eigenvalue weighted by Crippen LogP contribution is -1.97. The van der Waals surface area contributed by atoms with Gasteiger partial charge in [-0.2, -0.15) is 0 Å². The van der Waals surface area contributed by atoms with Crippen LogP contribution in [-0.4, -0.2) is 13.2 Å². The lowest BCUT2D eigenvalue weighted by Gasteiger charge is -2.15. The summed E-state index contributed by atoms with van der Waals surface area (Å²) in [5.41, 5.74) is 0. The van der Waals surface area contributed by atoms with Gasteiger partial charge in [0, 0.05) is 0 Å². The van der Waals surface area contributed by atoms with Gasteiger partial charge in [0.2, 0.25) is 0 Å². The topological polar surface area (TPSA) is 18.5 Å². The zero-order valence-electron chi connectivity index (χ0n) is 15.7. The van der Waals surface area contributed by atoms with Gasteiger partial charge in [-0.25, -0.2) is 0 Å². The molecule has 26 heavy (non-hydrogen) atoms. The molecule has 0 spiro atoms. The van der Waals surface area contributed by atoms with Gasteiger partial charge in [-0.1, -0.05) is 51.0 Å². The van der Waals surface area contributed by atoms with Crippen molar-refractivity contribution in [2.24, 2.45) is 0 Å². The Morgan fingerprint density at radius 1 is 0.577 bits per heavy atom. The lowest BCUT2D eigenvalue weighted by atomic mass is 9.94. The molecule has 0 unspecified atom stereocenters. The smallest absolute Gasteiger partial charge is 0.120 e. The van der Waals surface area contributed by atoms with Crippen LogP contribution in [0.2, 0.25) is 0 Å². The van der Waals surface area contributed by atoms with Crippen LogP contribution >= 0.6 is 0 Å². The molecule has 0 aliphatic carbocycles. The monoisotopic (exact) mass is 346 g/mol. The van der Waals surface area contributed by atoms with Crippen LogP contribution in [0.4, 0.5) is 0 Å².